The zero-order chi connectivity index (χ0) is 16.2. The van der Waals surface area contributed by atoms with Gasteiger partial charge in [-0.15, -0.1) is 0 Å². The van der Waals surface area contributed by atoms with E-state index in [1.54, 1.807) is 24.1 Å². The third-order valence-electron chi connectivity index (χ3n) is 4.26. The highest BCUT2D eigenvalue weighted by Crippen LogP contribution is 2.34. The van der Waals surface area contributed by atoms with Crippen LogP contribution in [-0.2, 0) is 14.3 Å². The summed E-state index contributed by atoms with van der Waals surface area (Å²) in [6.07, 6.45) is 3.79. The lowest BCUT2D eigenvalue weighted by molar-refractivity contribution is -0.118. The third kappa shape index (κ3) is 3.64. The van der Waals surface area contributed by atoms with Crippen molar-refractivity contribution in [2.75, 3.05) is 30.5 Å². The van der Waals surface area contributed by atoms with Crippen molar-refractivity contribution in [2.24, 2.45) is 0 Å². The molecule has 6 nitrogen and oxygen atoms in total. The summed E-state index contributed by atoms with van der Waals surface area (Å²) in [7, 11) is 1.57. The number of carbonyl (C=O) groups excluding carboxylic acids is 2. The van der Waals surface area contributed by atoms with Crippen molar-refractivity contribution >= 4 is 23.2 Å². The van der Waals surface area contributed by atoms with Gasteiger partial charge in [0.25, 0.3) is 0 Å². The second-order valence-corrected chi connectivity index (χ2v) is 5.92. The van der Waals surface area contributed by atoms with Crippen LogP contribution in [0.15, 0.2) is 18.2 Å². The van der Waals surface area contributed by atoms with Gasteiger partial charge in [0.15, 0.2) is 0 Å². The van der Waals surface area contributed by atoms with E-state index >= 15 is 0 Å². The average molecular weight is 318 g/mol. The Hall–Kier alpha value is -2.08. The summed E-state index contributed by atoms with van der Waals surface area (Å²) in [6.45, 7) is 1.45. The zero-order valence-corrected chi connectivity index (χ0v) is 13.3. The van der Waals surface area contributed by atoms with Gasteiger partial charge < -0.3 is 19.7 Å². The maximum atomic E-state index is 12.1. The Morgan fingerprint density at radius 2 is 2.30 bits per heavy atom. The number of nitrogens with one attached hydrogen (secondary N) is 1. The van der Waals surface area contributed by atoms with E-state index in [2.05, 4.69) is 5.32 Å². The fourth-order valence-electron chi connectivity index (χ4n) is 3.11. The molecule has 0 saturated carbocycles. The molecule has 1 aromatic rings. The molecule has 23 heavy (non-hydrogen) atoms. The number of ether oxygens (including phenoxy) is 2. The van der Waals surface area contributed by atoms with E-state index in [9.17, 15) is 9.59 Å². The van der Waals surface area contributed by atoms with Crippen LogP contribution in [0.5, 0.6) is 5.75 Å². The minimum Gasteiger partial charge on any atom is -0.494 e. The van der Waals surface area contributed by atoms with Crippen molar-refractivity contribution < 1.29 is 19.1 Å². The molecule has 2 saturated heterocycles. The highest BCUT2D eigenvalue weighted by atomic mass is 16.5. The number of amides is 2. The first-order valence-electron chi connectivity index (χ1n) is 8.07. The molecule has 3 rings (SSSR count). The lowest BCUT2D eigenvalue weighted by atomic mass is 10.1. The van der Waals surface area contributed by atoms with Crippen LogP contribution in [0.1, 0.15) is 32.1 Å². The molecule has 2 aliphatic heterocycles. The third-order valence-corrected chi connectivity index (χ3v) is 4.26. The van der Waals surface area contributed by atoms with Gasteiger partial charge in [0.2, 0.25) is 11.8 Å². The minimum absolute atomic E-state index is 0.0263. The number of nitrogens with zero attached hydrogens (tertiary/aromatic N) is 1. The molecule has 1 N–H and O–H groups in total. The number of hydrogen-bond donors (Lipinski definition) is 1. The van der Waals surface area contributed by atoms with E-state index in [0.717, 1.165) is 31.6 Å². The zero-order valence-electron chi connectivity index (χ0n) is 13.3. The Morgan fingerprint density at radius 3 is 2.96 bits per heavy atom. The Kier molecular flexibility index (Phi) is 4.81. The van der Waals surface area contributed by atoms with Crippen LogP contribution in [0.25, 0.3) is 0 Å². The lowest BCUT2D eigenvalue weighted by Gasteiger charge is -2.20. The van der Waals surface area contributed by atoms with Crippen LogP contribution in [0.3, 0.4) is 0 Å². The lowest BCUT2D eigenvalue weighted by Crippen LogP contribution is -2.24. The van der Waals surface area contributed by atoms with Gasteiger partial charge in [0.05, 0.1) is 25.3 Å². The summed E-state index contributed by atoms with van der Waals surface area (Å²) in [5.74, 6) is 0.637. The van der Waals surface area contributed by atoms with Crippen LogP contribution >= 0.6 is 0 Å². The number of benzene rings is 1. The summed E-state index contributed by atoms with van der Waals surface area (Å²) < 4.78 is 10.9. The Labute approximate surface area is 135 Å². The normalized spacial score (nSPS) is 20.8. The van der Waals surface area contributed by atoms with Gasteiger partial charge in [-0.1, -0.05) is 0 Å². The molecule has 0 radical (unpaired) electrons. The first-order chi connectivity index (χ1) is 11.2. The van der Waals surface area contributed by atoms with E-state index in [1.807, 2.05) is 6.07 Å². The highest BCUT2D eigenvalue weighted by molar-refractivity contribution is 5.98. The summed E-state index contributed by atoms with van der Waals surface area (Å²) in [6, 6.07) is 5.38. The van der Waals surface area contributed by atoms with Gasteiger partial charge in [0.1, 0.15) is 5.75 Å². The molecule has 1 aromatic carbocycles. The van der Waals surface area contributed by atoms with Crippen LogP contribution in [0.4, 0.5) is 11.4 Å². The van der Waals surface area contributed by atoms with Gasteiger partial charge in [-0.05, 0) is 31.4 Å². The van der Waals surface area contributed by atoms with E-state index in [1.165, 1.54) is 0 Å². The van der Waals surface area contributed by atoms with Crippen molar-refractivity contribution in [1.82, 2.24) is 0 Å². The largest absolute Gasteiger partial charge is 0.494 e. The number of rotatable bonds is 5. The predicted molar refractivity (Wildman–Crippen MR) is 86.8 cm³/mol. The topological polar surface area (TPSA) is 67.9 Å². The summed E-state index contributed by atoms with van der Waals surface area (Å²) in [4.78, 5) is 25.7. The maximum absolute atomic E-state index is 12.1. The first kappa shape index (κ1) is 15.8. The fraction of sp³-hybridized carbons (Fsp3) is 0.529. The van der Waals surface area contributed by atoms with Crippen LogP contribution in [0, 0.1) is 0 Å². The van der Waals surface area contributed by atoms with Crippen LogP contribution < -0.4 is 15.0 Å². The number of anilines is 2. The van der Waals surface area contributed by atoms with E-state index in [0.29, 0.717) is 30.8 Å². The molecule has 2 fully saturated rings. The molecule has 6 heteroatoms. The van der Waals surface area contributed by atoms with Crippen molar-refractivity contribution in [3.05, 3.63) is 18.2 Å². The molecule has 1 atom stereocenters. The molecule has 124 valence electrons. The maximum Gasteiger partial charge on any atom is 0.227 e. The van der Waals surface area contributed by atoms with Crippen molar-refractivity contribution in [3.63, 3.8) is 0 Å². The molecule has 0 spiro atoms. The predicted octanol–water partition coefficient (Wildman–Crippen LogP) is 2.33. The molecule has 0 aromatic heterocycles. The van der Waals surface area contributed by atoms with Crippen molar-refractivity contribution in [2.45, 2.75) is 38.2 Å². The summed E-state index contributed by atoms with van der Waals surface area (Å²) in [5.41, 5.74) is 1.42. The molecule has 2 heterocycles. The van der Waals surface area contributed by atoms with E-state index in [-0.39, 0.29) is 17.9 Å². The Morgan fingerprint density at radius 1 is 1.43 bits per heavy atom. The Bertz CT molecular complexity index is 596. The summed E-state index contributed by atoms with van der Waals surface area (Å²) in [5, 5.41) is 2.87. The number of hydrogen-bond acceptors (Lipinski definition) is 4. The second kappa shape index (κ2) is 7.00. The fourth-order valence-corrected chi connectivity index (χ4v) is 3.11. The van der Waals surface area contributed by atoms with Crippen LogP contribution in [-0.4, -0.2) is 38.2 Å². The van der Waals surface area contributed by atoms with Crippen molar-refractivity contribution in [1.29, 1.82) is 0 Å². The van der Waals surface area contributed by atoms with Gasteiger partial charge in [-0.2, -0.15) is 0 Å². The Balaban J connectivity index is 1.68. The van der Waals surface area contributed by atoms with Crippen molar-refractivity contribution in [3.8, 4) is 5.75 Å². The van der Waals surface area contributed by atoms with Crippen LogP contribution in [0.2, 0.25) is 0 Å². The monoisotopic (exact) mass is 318 g/mol. The molecular formula is C17H22N2O4. The minimum atomic E-state index is -0.0658. The smallest absolute Gasteiger partial charge is 0.227 e. The molecule has 1 unspecified atom stereocenters. The number of carbonyl (C=O) groups is 2. The second-order valence-electron chi connectivity index (χ2n) is 5.92. The first-order valence-corrected chi connectivity index (χ1v) is 8.07. The number of methoxy groups -OCH3 is 1. The van der Waals surface area contributed by atoms with Gasteiger partial charge in [0, 0.05) is 31.3 Å². The SMILES string of the molecule is COc1cc(NC(=O)CC2CCCO2)ccc1N1CCCC1=O. The molecule has 0 aliphatic carbocycles. The molecule has 2 amide bonds. The molecule has 2 aliphatic rings. The highest BCUT2D eigenvalue weighted by Gasteiger charge is 2.25. The van der Waals surface area contributed by atoms with E-state index < -0.39 is 0 Å². The van der Waals surface area contributed by atoms with Gasteiger partial charge in [-0.25, -0.2) is 0 Å². The standard InChI is InChI=1S/C17H22N2O4/c1-22-15-10-12(18-16(20)11-13-4-3-9-23-13)6-7-14(15)19-8-2-5-17(19)21/h6-7,10,13H,2-5,8-9,11H2,1H3,(H,18,20). The molecular weight excluding hydrogens is 296 g/mol. The van der Waals surface area contributed by atoms with Gasteiger partial charge >= 0.3 is 0 Å². The average Bonchev–Trinajstić information content (AvgIpc) is 3.19. The molecule has 0 bridgehead atoms. The summed E-state index contributed by atoms with van der Waals surface area (Å²) >= 11 is 0. The van der Waals surface area contributed by atoms with E-state index in [4.69, 9.17) is 9.47 Å². The quantitative estimate of drug-likeness (QED) is 0.905. The van der Waals surface area contributed by atoms with Gasteiger partial charge in [-0.3, -0.25) is 9.59 Å².